The fourth-order valence-corrected chi connectivity index (χ4v) is 3.35. The van der Waals surface area contributed by atoms with Crippen LogP contribution < -0.4 is 10.9 Å². The molecule has 2 N–H and O–H groups in total. The highest BCUT2D eigenvalue weighted by Crippen LogP contribution is 2.18. The van der Waals surface area contributed by atoms with Crippen molar-refractivity contribution in [3.63, 3.8) is 0 Å². The van der Waals surface area contributed by atoms with Crippen LogP contribution in [0.5, 0.6) is 0 Å². The minimum absolute atomic E-state index is 0.0781. The minimum Gasteiger partial charge on any atom is -0.352 e. The van der Waals surface area contributed by atoms with Gasteiger partial charge in [0.05, 0.1) is 12.1 Å². The zero-order valence-corrected chi connectivity index (χ0v) is 15.9. The lowest BCUT2D eigenvalue weighted by Crippen LogP contribution is -2.25. The lowest BCUT2D eigenvalue weighted by Gasteiger charge is -2.07. The van der Waals surface area contributed by atoms with E-state index in [2.05, 4.69) is 15.3 Å². The number of benzene rings is 2. The van der Waals surface area contributed by atoms with Gasteiger partial charge in [-0.1, -0.05) is 71.9 Å². The number of amides is 1. The first-order valence-electron chi connectivity index (χ1n) is 8.68. The molecule has 0 atom stereocenters. The van der Waals surface area contributed by atoms with Crippen molar-refractivity contribution in [2.45, 2.75) is 30.8 Å². The fourth-order valence-electron chi connectivity index (χ4n) is 2.50. The average Bonchev–Trinajstić information content (AvgIpc) is 2.66. The van der Waals surface area contributed by atoms with Gasteiger partial charge in [-0.25, -0.2) is 4.98 Å². The van der Waals surface area contributed by atoms with Gasteiger partial charge in [-0.05, 0) is 18.1 Å². The molecule has 0 aliphatic rings. The Hall–Kier alpha value is -2.86. The molecule has 0 fully saturated rings. The van der Waals surface area contributed by atoms with Gasteiger partial charge in [0.2, 0.25) is 5.91 Å². The third kappa shape index (κ3) is 6.11. The van der Waals surface area contributed by atoms with Crippen LogP contribution in [0.2, 0.25) is 0 Å². The molecule has 0 saturated heterocycles. The molecule has 3 aromatic rings. The number of aryl methyl sites for hydroxylation is 1. The SMILES string of the molecule is Cc1ccc(CNC(=O)Cc2cc(=O)[nH]c(SCc3ccccc3)n2)cc1. The van der Waals surface area contributed by atoms with Gasteiger partial charge in [0, 0.05) is 18.4 Å². The van der Waals surface area contributed by atoms with Crippen molar-refractivity contribution < 1.29 is 4.79 Å². The van der Waals surface area contributed by atoms with E-state index in [1.54, 1.807) is 0 Å². The molecule has 0 aliphatic carbocycles. The van der Waals surface area contributed by atoms with Crippen molar-refractivity contribution in [1.29, 1.82) is 0 Å². The Morgan fingerprint density at radius 3 is 2.56 bits per heavy atom. The molecule has 1 amide bonds. The smallest absolute Gasteiger partial charge is 0.251 e. The second-order valence-electron chi connectivity index (χ2n) is 6.26. The Morgan fingerprint density at radius 2 is 1.81 bits per heavy atom. The van der Waals surface area contributed by atoms with E-state index in [0.29, 0.717) is 23.1 Å². The van der Waals surface area contributed by atoms with Crippen molar-refractivity contribution >= 4 is 17.7 Å². The number of carbonyl (C=O) groups is 1. The number of aromatic nitrogens is 2. The molecule has 3 rings (SSSR count). The maximum atomic E-state index is 12.2. The molecular weight excluding hydrogens is 358 g/mol. The number of hydrogen-bond acceptors (Lipinski definition) is 4. The number of H-pyrrole nitrogens is 1. The van der Waals surface area contributed by atoms with E-state index in [9.17, 15) is 9.59 Å². The first kappa shape index (κ1) is 18.9. The fraction of sp³-hybridized carbons (Fsp3) is 0.190. The molecule has 0 spiro atoms. The highest BCUT2D eigenvalue weighted by atomic mass is 32.2. The van der Waals surface area contributed by atoms with E-state index in [1.807, 2.05) is 61.5 Å². The molecule has 0 radical (unpaired) electrons. The zero-order valence-electron chi connectivity index (χ0n) is 15.1. The highest BCUT2D eigenvalue weighted by molar-refractivity contribution is 7.98. The zero-order chi connectivity index (χ0) is 19.1. The van der Waals surface area contributed by atoms with Crippen molar-refractivity contribution in [1.82, 2.24) is 15.3 Å². The number of hydrogen-bond donors (Lipinski definition) is 2. The molecule has 27 heavy (non-hydrogen) atoms. The van der Waals surface area contributed by atoms with Crippen LogP contribution in [0.25, 0.3) is 0 Å². The van der Waals surface area contributed by atoms with Crippen molar-refractivity contribution in [3.05, 3.63) is 93.4 Å². The maximum Gasteiger partial charge on any atom is 0.251 e. The van der Waals surface area contributed by atoms with Crippen LogP contribution >= 0.6 is 11.8 Å². The van der Waals surface area contributed by atoms with Crippen LogP contribution in [0.15, 0.2) is 70.6 Å². The van der Waals surface area contributed by atoms with E-state index < -0.39 is 0 Å². The lowest BCUT2D eigenvalue weighted by atomic mass is 10.1. The largest absolute Gasteiger partial charge is 0.352 e. The second kappa shape index (κ2) is 9.19. The molecular formula is C21H21N3O2S. The van der Waals surface area contributed by atoms with Crippen molar-refractivity contribution in [2.24, 2.45) is 0 Å². The molecule has 0 unspecified atom stereocenters. The summed E-state index contributed by atoms with van der Waals surface area (Å²) in [7, 11) is 0. The predicted molar refractivity (Wildman–Crippen MR) is 108 cm³/mol. The van der Waals surface area contributed by atoms with Crippen LogP contribution in [0, 0.1) is 6.92 Å². The van der Waals surface area contributed by atoms with Crippen LogP contribution in [0.3, 0.4) is 0 Å². The van der Waals surface area contributed by atoms with Crippen molar-refractivity contribution in [3.8, 4) is 0 Å². The third-order valence-corrected chi connectivity index (χ3v) is 4.89. The van der Waals surface area contributed by atoms with Crippen LogP contribution in [-0.4, -0.2) is 15.9 Å². The standard InChI is InChI=1S/C21H21N3O2S/c1-15-7-9-16(10-8-15)13-22-19(25)11-18-12-20(26)24-21(23-18)27-14-17-5-3-2-4-6-17/h2-10,12H,11,13-14H2,1H3,(H,22,25)(H,23,24,26). The number of nitrogens with zero attached hydrogens (tertiary/aromatic N) is 1. The monoisotopic (exact) mass is 379 g/mol. The Kier molecular flexibility index (Phi) is 6.44. The molecule has 0 saturated carbocycles. The number of nitrogens with one attached hydrogen (secondary N) is 2. The van der Waals surface area contributed by atoms with E-state index in [0.717, 1.165) is 11.1 Å². The lowest BCUT2D eigenvalue weighted by molar-refractivity contribution is -0.120. The molecule has 6 heteroatoms. The summed E-state index contributed by atoms with van der Waals surface area (Å²) in [5.74, 6) is 0.542. The maximum absolute atomic E-state index is 12.2. The summed E-state index contributed by atoms with van der Waals surface area (Å²) in [4.78, 5) is 31.2. The van der Waals surface area contributed by atoms with Gasteiger partial charge in [0.1, 0.15) is 0 Å². The summed E-state index contributed by atoms with van der Waals surface area (Å²) in [6.07, 6.45) is 0.0781. The highest BCUT2D eigenvalue weighted by Gasteiger charge is 2.08. The molecule has 1 heterocycles. The summed E-state index contributed by atoms with van der Waals surface area (Å²) in [6, 6.07) is 19.3. The molecule has 1 aromatic heterocycles. The van der Waals surface area contributed by atoms with E-state index in [4.69, 9.17) is 0 Å². The Bertz CT molecular complexity index is 953. The summed E-state index contributed by atoms with van der Waals surface area (Å²) >= 11 is 1.44. The number of aromatic amines is 1. The first-order valence-corrected chi connectivity index (χ1v) is 9.66. The van der Waals surface area contributed by atoms with Crippen LogP contribution in [0.4, 0.5) is 0 Å². The number of rotatable bonds is 7. The molecule has 5 nitrogen and oxygen atoms in total. The van der Waals surface area contributed by atoms with Gasteiger partial charge in [-0.15, -0.1) is 0 Å². The summed E-state index contributed by atoms with van der Waals surface area (Å²) < 4.78 is 0. The Labute approximate surface area is 162 Å². The van der Waals surface area contributed by atoms with E-state index in [-0.39, 0.29) is 17.9 Å². The van der Waals surface area contributed by atoms with Gasteiger partial charge in [-0.3, -0.25) is 9.59 Å². The summed E-state index contributed by atoms with van der Waals surface area (Å²) in [6.45, 7) is 2.48. The van der Waals surface area contributed by atoms with Gasteiger partial charge < -0.3 is 10.3 Å². The molecule has 138 valence electrons. The topological polar surface area (TPSA) is 74.8 Å². The van der Waals surface area contributed by atoms with Crippen LogP contribution in [-0.2, 0) is 23.5 Å². The summed E-state index contributed by atoms with van der Waals surface area (Å²) in [5, 5.41) is 3.39. The predicted octanol–water partition coefficient (Wildman–Crippen LogP) is 3.23. The van der Waals surface area contributed by atoms with Crippen LogP contribution in [0.1, 0.15) is 22.4 Å². The molecule has 0 bridgehead atoms. The van der Waals surface area contributed by atoms with E-state index in [1.165, 1.54) is 23.4 Å². The van der Waals surface area contributed by atoms with Gasteiger partial charge in [-0.2, -0.15) is 0 Å². The van der Waals surface area contributed by atoms with Gasteiger partial charge in [0.15, 0.2) is 5.16 Å². The Morgan fingerprint density at radius 1 is 1.07 bits per heavy atom. The molecule has 0 aliphatic heterocycles. The quantitative estimate of drug-likeness (QED) is 0.488. The van der Waals surface area contributed by atoms with Gasteiger partial charge in [0.25, 0.3) is 5.56 Å². The second-order valence-corrected chi connectivity index (χ2v) is 7.22. The first-order chi connectivity index (χ1) is 13.1. The minimum atomic E-state index is -0.248. The molecule has 2 aromatic carbocycles. The van der Waals surface area contributed by atoms with E-state index >= 15 is 0 Å². The number of carbonyl (C=O) groups excluding carboxylic acids is 1. The number of thioether (sulfide) groups is 1. The van der Waals surface area contributed by atoms with Gasteiger partial charge >= 0.3 is 0 Å². The van der Waals surface area contributed by atoms with Crippen molar-refractivity contribution in [2.75, 3.05) is 0 Å². The average molecular weight is 379 g/mol. The Balaban J connectivity index is 1.57. The normalized spacial score (nSPS) is 10.6. The third-order valence-electron chi connectivity index (χ3n) is 3.94. The summed E-state index contributed by atoms with van der Waals surface area (Å²) in [5.41, 5.74) is 3.58.